The Balaban J connectivity index is 2.51. The molecule has 106 valence electrons. The molecule has 0 aliphatic carbocycles. The van der Waals surface area contributed by atoms with Crippen LogP contribution in [0, 0.1) is 0 Å². The molecular weight excluding hydrogens is 226 g/mol. The summed E-state index contributed by atoms with van der Waals surface area (Å²) >= 11 is 0. The van der Waals surface area contributed by atoms with Gasteiger partial charge in [0.1, 0.15) is 0 Å². The first-order valence-corrected chi connectivity index (χ1v) is 7.37. The number of nitrogens with two attached hydrogens (primary N) is 1. The smallest absolute Gasteiger partial charge is 0.237 e. The molecule has 0 aromatic heterocycles. The summed E-state index contributed by atoms with van der Waals surface area (Å²) in [5, 5.41) is 3.02. The average Bonchev–Trinajstić information content (AvgIpc) is 2.38. The molecule has 1 aliphatic rings. The molecule has 0 aromatic rings. The summed E-state index contributed by atoms with van der Waals surface area (Å²) < 4.78 is 0. The number of hydrogen-bond donors (Lipinski definition) is 2. The molecule has 3 N–H and O–H groups in total. The predicted molar refractivity (Wildman–Crippen MR) is 75.4 cm³/mol. The molecule has 1 rings (SSSR count). The lowest BCUT2D eigenvalue weighted by atomic mass is 9.95. The van der Waals surface area contributed by atoms with E-state index >= 15 is 0 Å². The minimum absolute atomic E-state index is 0.0573. The molecule has 1 aliphatic heterocycles. The maximum Gasteiger partial charge on any atom is 0.237 e. The van der Waals surface area contributed by atoms with Gasteiger partial charge in [0.05, 0.1) is 6.04 Å². The Morgan fingerprint density at radius 1 is 1.44 bits per heavy atom. The van der Waals surface area contributed by atoms with Crippen LogP contribution in [-0.2, 0) is 4.79 Å². The van der Waals surface area contributed by atoms with E-state index < -0.39 is 0 Å². The van der Waals surface area contributed by atoms with Gasteiger partial charge in [-0.05, 0) is 39.7 Å². The van der Waals surface area contributed by atoms with Gasteiger partial charge in [-0.2, -0.15) is 0 Å². The minimum atomic E-state index is -0.0573. The highest BCUT2D eigenvalue weighted by molar-refractivity contribution is 5.81. The van der Waals surface area contributed by atoms with E-state index in [1.165, 1.54) is 12.8 Å². The van der Waals surface area contributed by atoms with Crippen molar-refractivity contribution in [1.29, 1.82) is 0 Å². The molecule has 0 bridgehead atoms. The number of nitrogens with zero attached hydrogens (tertiary/aromatic N) is 1. The van der Waals surface area contributed by atoms with Gasteiger partial charge in [0.25, 0.3) is 0 Å². The van der Waals surface area contributed by atoms with Crippen molar-refractivity contribution in [1.82, 2.24) is 10.2 Å². The van der Waals surface area contributed by atoms with Gasteiger partial charge in [0, 0.05) is 18.6 Å². The minimum Gasteiger partial charge on any atom is -0.355 e. The molecular formula is C14H29N3O. The average molecular weight is 255 g/mol. The molecule has 3 atom stereocenters. The van der Waals surface area contributed by atoms with Gasteiger partial charge >= 0.3 is 0 Å². The van der Waals surface area contributed by atoms with Crippen molar-refractivity contribution >= 4 is 5.91 Å². The lowest BCUT2D eigenvalue weighted by Crippen LogP contribution is -2.56. The van der Waals surface area contributed by atoms with Crippen LogP contribution in [0.2, 0.25) is 0 Å². The maximum absolute atomic E-state index is 12.1. The molecule has 0 saturated carbocycles. The number of carbonyl (C=O) groups excluding carboxylic acids is 1. The van der Waals surface area contributed by atoms with E-state index in [9.17, 15) is 4.79 Å². The number of nitrogens with one attached hydrogen (secondary N) is 1. The van der Waals surface area contributed by atoms with Crippen LogP contribution in [0.5, 0.6) is 0 Å². The molecule has 1 heterocycles. The standard InChI is InChI=1S/C14H29N3O/c1-4-5-9-16-14(18)12(3)17-10-7-6-8-13(17)11(2)15/h11-13H,4-10,15H2,1-3H3,(H,16,18). The third-order valence-electron chi connectivity index (χ3n) is 3.91. The zero-order chi connectivity index (χ0) is 13.5. The maximum atomic E-state index is 12.1. The Kier molecular flexibility index (Phi) is 6.65. The van der Waals surface area contributed by atoms with E-state index in [1.807, 2.05) is 13.8 Å². The first-order valence-electron chi connectivity index (χ1n) is 7.37. The van der Waals surface area contributed by atoms with Crippen LogP contribution in [0.3, 0.4) is 0 Å². The summed E-state index contributed by atoms with van der Waals surface area (Å²) in [5.41, 5.74) is 6.04. The molecule has 1 fully saturated rings. The third kappa shape index (κ3) is 4.25. The first kappa shape index (κ1) is 15.4. The van der Waals surface area contributed by atoms with Gasteiger partial charge < -0.3 is 11.1 Å². The van der Waals surface area contributed by atoms with Crippen molar-refractivity contribution < 1.29 is 4.79 Å². The van der Waals surface area contributed by atoms with Crippen molar-refractivity contribution in [2.24, 2.45) is 5.73 Å². The third-order valence-corrected chi connectivity index (χ3v) is 3.91. The van der Waals surface area contributed by atoms with Crippen LogP contribution < -0.4 is 11.1 Å². The number of likely N-dealkylation sites (tertiary alicyclic amines) is 1. The first-order chi connectivity index (χ1) is 8.57. The quantitative estimate of drug-likeness (QED) is 0.707. The predicted octanol–water partition coefficient (Wildman–Crippen LogP) is 1.49. The Hall–Kier alpha value is -0.610. The fourth-order valence-electron chi connectivity index (χ4n) is 2.71. The number of carbonyl (C=O) groups is 1. The molecule has 0 aromatic carbocycles. The van der Waals surface area contributed by atoms with E-state index in [-0.39, 0.29) is 18.0 Å². The Bertz CT molecular complexity index is 255. The highest BCUT2D eigenvalue weighted by atomic mass is 16.2. The second-order valence-corrected chi connectivity index (χ2v) is 5.48. The van der Waals surface area contributed by atoms with Crippen molar-refractivity contribution in [3.63, 3.8) is 0 Å². The van der Waals surface area contributed by atoms with Gasteiger partial charge in [-0.1, -0.05) is 19.8 Å². The summed E-state index contributed by atoms with van der Waals surface area (Å²) in [6, 6.07) is 0.431. The highest BCUT2D eigenvalue weighted by Gasteiger charge is 2.31. The van der Waals surface area contributed by atoms with E-state index in [2.05, 4.69) is 17.1 Å². The number of amides is 1. The second kappa shape index (κ2) is 7.74. The van der Waals surface area contributed by atoms with Crippen LogP contribution in [0.25, 0.3) is 0 Å². The van der Waals surface area contributed by atoms with Crippen molar-refractivity contribution in [3.8, 4) is 0 Å². The van der Waals surface area contributed by atoms with Gasteiger partial charge in [0.2, 0.25) is 5.91 Å². The molecule has 0 radical (unpaired) electrons. The summed E-state index contributed by atoms with van der Waals surface area (Å²) in [4.78, 5) is 14.4. The number of unbranched alkanes of at least 4 members (excludes halogenated alkanes) is 1. The summed E-state index contributed by atoms with van der Waals surface area (Å²) in [6.45, 7) is 7.96. The van der Waals surface area contributed by atoms with Crippen LogP contribution >= 0.6 is 0 Å². The Morgan fingerprint density at radius 3 is 2.78 bits per heavy atom. The van der Waals surface area contributed by atoms with Crippen LogP contribution in [0.15, 0.2) is 0 Å². The zero-order valence-electron chi connectivity index (χ0n) is 12.1. The molecule has 3 unspecified atom stereocenters. The summed E-state index contributed by atoms with van der Waals surface area (Å²) in [5.74, 6) is 0.149. The number of hydrogen-bond acceptors (Lipinski definition) is 3. The van der Waals surface area contributed by atoms with E-state index in [4.69, 9.17) is 5.73 Å². The fourth-order valence-corrected chi connectivity index (χ4v) is 2.71. The molecule has 4 heteroatoms. The van der Waals surface area contributed by atoms with Crippen LogP contribution in [-0.4, -0.2) is 42.0 Å². The Morgan fingerprint density at radius 2 is 2.17 bits per heavy atom. The van der Waals surface area contributed by atoms with Gasteiger partial charge in [-0.25, -0.2) is 0 Å². The monoisotopic (exact) mass is 255 g/mol. The molecule has 0 spiro atoms. The number of piperidine rings is 1. The largest absolute Gasteiger partial charge is 0.355 e. The van der Waals surface area contributed by atoms with Crippen molar-refractivity contribution in [2.75, 3.05) is 13.1 Å². The van der Waals surface area contributed by atoms with E-state index in [0.717, 1.165) is 32.4 Å². The molecule has 1 saturated heterocycles. The number of rotatable bonds is 6. The van der Waals surface area contributed by atoms with Crippen molar-refractivity contribution in [3.05, 3.63) is 0 Å². The Labute approximate surface area is 111 Å². The summed E-state index contributed by atoms with van der Waals surface area (Å²) in [7, 11) is 0. The zero-order valence-corrected chi connectivity index (χ0v) is 12.1. The van der Waals surface area contributed by atoms with Gasteiger partial charge in [0.15, 0.2) is 0 Å². The van der Waals surface area contributed by atoms with Crippen molar-refractivity contribution in [2.45, 2.75) is 71.0 Å². The van der Waals surface area contributed by atoms with E-state index in [0.29, 0.717) is 6.04 Å². The molecule has 4 nitrogen and oxygen atoms in total. The topological polar surface area (TPSA) is 58.4 Å². The van der Waals surface area contributed by atoms with Crippen LogP contribution in [0.4, 0.5) is 0 Å². The summed E-state index contributed by atoms with van der Waals surface area (Å²) in [6.07, 6.45) is 5.68. The normalized spacial score (nSPS) is 24.6. The fraction of sp³-hybridized carbons (Fsp3) is 0.929. The van der Waals surface area contributed by atoms with Crippen LogP contribution in [0.1, 0.15) is 52.9 Å². The van der Waals surface area contributed by atoms with Gasteiger partial charge in [-0.3, -0.25) is 9.69 Å². The SMILES string of the molecule is CCCCNC(=O)C(C)N1CCCCC1C(C)N. The second-order valence-electron chi connectivity index (χ2n) is 5.48. The lowest BCUT2D eigenvalue weighted by molar-refractivity contribution is -0.127. The highest BCUT2D eigenvalue weighted by Crippen LogP contribution is 2.21. The van der Waals surface area contributed by atoms with Gasteiger partial charge in [-0.15, -0.1) is 0 Å². The van der Waals surface area contributed by atoms with E-state index in [1.54, 1.807) is 0 Å². The molecule has 1 amide bonds. The molecule has 18 heavy (non-hydrogen) atoms. The lowest BCUT2D eigenvalue weighted by Gasteiger charge is -2.41.